The fourth-order valence-electron chi connectivity index (χ4n) is 2.23. The first-order valence-electron chi connectivity index (χ1n) is 7.26. The zero-order chi connectivity index (χ0) is 14.4. The van der Waals surface area contributed by atoms with E-state index in [1.54, 1.807) is 0 Å². The van der Waals surface area contributed by atoms with Crippen LogP contribution in [0, 0.1) is 12.3 Å². The van der Waals surface area contributed by atoms with Crippen molar-refractivity contribution in [2.75, 3.05) is 13.1 Å². The zero-order valence-electron chi connectivity index (χ0n) is 12.1. The van der Waals surface area contributed by atoms with E-state index in [1.165, 1.54) is 11.1 Å². The minimum atomic E-state index is 0.141. The Bertz CT molecular complexity index is 483. The first-order chi connectivity index (χ1) is 9.74. The molecular weight excluding hydrogens is 248 g/mol. The molecule has 0 radical (unpaired) electrons. The second-order valence-corrected chi connectivity index (χ2v) is 5.23. The van der Waals surface area contributed by atoms with Crippen LogP contribution in [0.2, 0.25) is 0 Å². The van der Waals surface area contributed by atoms with Crippen molar-refractivity contribution >= 4 is 5.91 Å². The van der Waals surface area contributed by atoms with Crippen molar-refractivity contribution in [1.82, 2.24) is 10.2 Å². The molecule has 0 saturated heterocycles. The van der Waals surface area contributed by atoms with Crippen molar-refractivity contribution in [2.24, 2.45) is 0 Å². The van der Waals surface area contributed by atoms with Gasteiger partial charge in [-0.1, -0.05) is 37.1 Å². The Hall–Kier alpha value is -1.79. The highest BCUT2D eigenvalue weighted by molar-refractivity contribution is 5.79. The van der Waals surface area contributed by atoms with Crippen molar-refractivity contribution in [3.05, 3.63) is 35.4 Å². The van der Waals surface area contributed by atoms with Crippen molar-refractivity contribution in [2.45, 2.75) is 38.8 Å². The van der Waals surface area contributed by atoms with E-state index in [0.29, 0.717) is 25.7 Å². The summed E-state index contributed by atoms with van der Waals surface area (Å²) in [6, 6.07) is 8.94. The molecule has 1 amide bonds. The molecular formula is C17H22N2O. The summed E-state index contributed by atoms with van der Waals surface area (Å²) in [6.45, 7) is 3.61. The molecule has 20 heavy (non-hydrogen) atoms. The summed E-state index contributed by atoms with van der Waals surface area (Å²) in [5.41, 5.74) is 2.52. The quantitative estimate of drug-likeness (QED) is 0.607. The number of rotatable bonds is 7. The van der Waals surface area contributed by atoms with Crippen molar-refractivity contribution < 1.29 is 4.79 Å². The van der Waals surface area contributed by atoms with Crippen molar-refractivity contribution in [3.63, 3.8) is 0 Å². The Kier molecular flexibility index (Phi) is 5.20. The Labute approximate surface area is 121 Å². The normalized spacial score (nSPS) is 13.8. The number of aryl methyl sites for hydroxylation is 1. The molecule has 0 heterocycles. The molecule has 0 spiro atoms. The number of nitrogens with zero attached hydrogens (tertiary/aromatic N) is 1. The lowest BCUT2D eigenvalue weighted by Crippen LogP contribution is -2.39. The first kappa shape index (κ1) is 14.6. The number of carbonyl (C=O) groups is 1. The third-order valence-electron chi connectivity index (χ3n) is 3.60. The molecule has 0 atom stereocenters. The maximum atomic E-state index is 12.2. The molecule has 0 aliphatic heterocycles. The van der Waals surface area contributed by atoms with Gasteiger partial charge in [-0.05, 0) is 30.4 Å². The molecule has 3 nitrogen and oxygen atoms in total. The molecule has 0 unspecified atom stereocenters. The van der Waals surface area contributed by atoms with E-state index in [-0.39, 0.29) is 5.91 Å². The minimum absolute atomic E-state index is 0.141. The van der Waals surface area contributed by atoms with Crippen LogP contribution in [0.1, 0.15) is 30.9 Å². The van der Waals surface area contributed by atoms with E-state index in [2.05, 4.69) is 42.4 Å². The Morgan fingerprint density at radius 3 is 2.55 bits per heavy atom. The predicted octanol–water partition coefficient (Wildman–Crippen LogP) is 1.96. The highest BCUT2D eigenvalue weighted by atomic mass is 16.2. The molecule has 1 fully saturated rings. The lowest BCUT2D eigenvalue weighted by atomic mass is 10.1. The maximum absolute atomic E-state index is 12.2. The standard InChI is InChI=1S/C17H22N2O/c1-3-11-18-12-17(20)19(16-9-10-16)13-15-7-5-14(4-2)6-8-15/h1,5-8,16,18H,4,9-13H2,2H3. The van der Waals surface area contributed by atoms with Gasteiger partial charge in [0.2, 0.25) is 5.91 Å². The van der Waals surface area contributed by atoms with E-state index < -0.39 is 0 Å². The third-order valence-corrected chi connectivity index (χ3v) is 3.60. The molecule has 0 bridgehead atoms. The molecule has 106 valence electrons. The average Bonchev–Trinajstić information content (AvgIpc) is 3.30. The largest absolute Gasteiger partial charge is 0.334 e. The van der Waals surface area contributed by atoms with Gasteiger partial charge in [-0.3, -0.25) is 10.1 Å². The van der Waals surface area contributed by atoms with Gasteiger partial charge < -0.3 is 4.90 Å². The predicted molar refractivity (Wildman–Crippen MR) is 81.1 cm³/mol. The fraction of sp³-hybridized carbons (Fsp3) is 0.471. The van der Waals surface area contributed by atoms with E-state index >= 15 is 0 Å². The number of nitrogens with one attached hydrogen (secondary N) is 1. The summed E-state index contributed by atoms with van der Waals surface area (Å²) >= 11 is 0. The monoisotopic (exact) mass is 270 g/mol. The Morgan fingerprint density at radius 1 is 1.35 bits per heavy atom. The average molecular weight is 270 g/mol. The van der Waals surface area contributed by atoms with Gasteiger partial charge in [0.25, 0.3) is 0 Å². The molecule has 1 aromatic carbocycles. The molecule has 3 heteroatoms. The van der Waals surface area contributed by atoms with Gasteiger partial charge in [-0.2, -0.15) is 0 Å². The van der Waals surface area contributed by atoms with Gasteiger partial charge in [0.15, 0.2) is 0 Å². The number of benzene rings is 1. The topological polar surface area (TPSA) is 32.3 Å². The van der Waals surface area contributed by atoms with Gasteiger partial charge in [-0.15, -0.1) is 6.42 Å². The summed E-state index contributed by atoms with van der Waals surface area (Å²) in [5, 5.41) is 2.97. The number of amides is 1. The summed E-state index contributed by atoms with van der Waals surface area (Å²) < 4.78 is 0. The first-order valence-corrected chi connectivity index (χ1v) is 7.26. The van der Waals surface area contributed by atoms with E-state index in [4.69, 9.17) is 6.42 Å². The van der Waals surface area contributed by atoms with E-state index in [1.807, 2.05) is 4.90 Å². The lowest BCUT2D eigenvalue weighted by Gasteiger charge is -2.22. The van der Waals surface area contributed by atoms with Crippen molar-refractivity contribution in [3.8, 4) is 12.3 Å². The van der Waals surface area contributed by atoms with Crippen LogP contribution >= 0.6 is 0 Å². The van der Waals surface area contributed by atoms with Crippen LogP contribution in [0.25, 0.3) is 0 Å². The molecule has 1 N–H and O–H groups in total. The number of terminal acetylenes is 1. The van der Waals surface area contributed by atoms with Crippen LogP contribution in [0.5, 0.6) is 0 Å². The maximum Gasteiger partial charge on any atom is 0.237 e. The smallest absolute Gasteiger partial charge is 0.237 e. The van der Waals surface area contributed by atoms with Gasteiger partial charge in [0.05, 0.1) is 13.1 Å². The van der Waals surface area contributed by atoms with Crippen LogP contribution < -0.4 is 5.32 Å². The van der Waals surface area contributed by atoms with Crippen molar-refractivity contribution in [1.29, 1.82) is 0 Å². The lowest BCUT2D eigenvalue weighted by molar-refractivity contribution is -0.131. The van der Waals surface area contributed by atoms with Crippen LogP contribution in [0.15, 0.2) is 24.3 Å². The Balaban J connectivity index is 1.94. The summed E-state index contributed by atoms with van der Waals surface area (Å²) in [4.78, 5) is 14.2. The minimum Gasteiger partial charge on any atom is -0.334 e. The molecule has 1 aromatic rings. The summed E-state index contributed by atoms with van der Waals surface area (Å²) in [6.07, 6.45) is 8.46. The fourth-order valence-corrected chi connectivity index (χ4v) is 2.23. The zero-order valence-corrected chi connectivity index (χ0v) is 12.1. The number of carbonyl (C=O) groups excluding carboxylic acids is 1. The van der Waals surface area contributed by atoms with Crippen LogP contribution in [0.4, 0.5) is 0 Å². The van der Waals surface area contributed by atoms with Gasteiger partial charge >= 0.3 is 0 Å². The molecule has 0 aromatic heterocycles. The van der Waals surface area contributed by atoms with Crippen LogP contribution in [0.3, 0.4) is 0 Å². The second kappa shape index (κ2) is 7.12. The van der Waals surface area contributed by atoms with E-state index in [0.717, 1.165) is 19.3 Å². The SMILES string of the molecule is C#CCNCC(=O)N(Cc1ccc(CC)cc1)C1CC1. The van der Waals surface area contributed by atoms with Gasteiger partial charge in [0.1, 0.15) is 0 Å². The Morgan fingerprint density at radius 2 is 2.00 bits per heavy atom. The molecule has 1 saturated carbocycles. The van der Waals surface area contributed by atoms with Crippen LogP contribution in [-0.4, -0.2) is 29.9 Å². The summed E-state index contributed by atoms with van der Waals surface area (Å²) in [5.74, 6) is 2.63. The molecule has 1 aliphatic rings. The third kappa shape index (κ3) is 4.11. The van der Waals surface area contributed by atoms with Crippen LogP contribution in [-0.2, 0) is 17.8 Å². The van der Waals surface area contributed by atoms with Gasteiger partial charge in [0, 0.05) is 12.6 Å². The highest BCUT2D eigenvalue weighted by Crippen LogP contribution is 2.28. The van der Waals surface area contributed by atoms with Gasteiger partial charge in [-0.25, -0.2) is 0 Å². The summed E-state index contributed by atoms with van der Waals surface area (Å²) in [7, 11) is 0. The number of hydrogen-bond donors (Lipinski definition) is 1. The molecule has 2 rings (SSSR count). The van der Waals surface area contributed by atoms with E-state index in [9.17, 15) is 4.79 Å². The molecule has 1 aliphatic carbocycles. The highest BCUT2D eigenvalue weighted by Gasteiger charge is 2.32. The second-order valence-electron chi connectivity index (χ2n) is 5.23. The number of hydrogen-bond acceptors (Lipinski definition) is 2.